The summed E-state index contributed by atoms with van der Waals surface area (Å²) in [5.74, 6) is 1.89. The highest BCUT2D eigenvalue weighted by Crippen LogP contribution is 2.13. The normalized spacial score (nSPS) is 10.2. The molecule has 0 saturated heterocycles. The van der Waals surface area contributed by atoms with Crippen molar-refractivity contribution >= 4 is 23.2 Å². The molecule has 0 spiro atoms. The Kier molecular flexibility index (Phi) is 6.73. The Morgan fingerprint density at radius 3 is 2.32 bits per heavy atom. The van der Waals surface area contributed by atoms with Crippen LogP contribution in [0, 0.1) is 0 Å². The van der Waals surface area contributed by atoms with E-state index in [0.717, 1.165) is 11.4 Å². The van der Waals surface area contributed by atoms with E-state index in [0.29, 0.717) is 36.9 Å². The highest BCUT2D eigenvalue weighted by molar-refractivity contribution is 5.94. The highest BCUT2D eigenvalue weighted by Gasteiger charge is 2.05. The minimum atomic E-state index is -0.132. The average Bonchev–Trinajstić information content (AvgIpc) is 2.74. The molecule has 1 amide bonds. The third-order valence-electron chi connectivity index (χ3n) is 3.76. The predicted octanol–water partition coefficient (Wildman–Crippen LogP) is 2.86. The molecule has 2 heterocycles. The van der Waals surface area contributed by atoms with E-state index < -0.39 is 0 Å². The fourth-order valence-electron chi connectivity index (χ4n) is 2.41. The molecule has 8 heteroatoms. The van der Waals surface area contributed by atoms with Gasteiger partial charge in [0, 0.05) is 36.7 Å². The zero-order valence-electron chi connectivity index (χ0n) is 15.6. The third kappa shape index (κ3) is 5.66. The number of pyridine rings is 1. The number of rotatable bonds is 9. The number of hydrogen-bond donors (Lipinski definition) is 3. The Morgan fingerprint density at radius 2 is 1.64 bits per heavy atom. The lowest BCUT2D eigenvalue weighted by atomic mass is 10.2. The number of nitrogens with zero attached hydrogens (tertiary/aromatic N) is 3. The van der Waals surface area contributed by atoms with Gasteiger partial charge in [0.05, 0.1) is 6.61 Å². The molecule has 0 radical (unpaired) electrons. The van der Waals surface area contributed by atoms with Crippen molar-refractivity contribution in [2.45, 2.75) is 6.92 Å². The summed E-state index contributed by atoms with van der Waals surface area (Å²) in [6.07, 6.45) is 3.40. The molecule has 0 aliphatic carbocycles. The highest BCUT2D eigenvalue weighted by atomic mass is 16.5. The fourth-order valence-corrected chi connectivity index (χ4v) is 2.41. The third-order valence-corrected chi connectivity index (χ3v) is 3.76. The van der Waals surface area contributed by atoms with Gasteiger partial charge in [0.15, 0.2) is 5.82 Å². The maximum absolute atomic E-state index is 12.1. The van der Waals surface area contributed by atoms with E-state index in [-0.39, 0.29) is 5.91 Å². The smallest absolute Gasteiger partial charge is 0.251 e. The Bertz CT molecular complexity index is 869. The van der Waals surface area contributed by atoms with Crippen molar-refractivity contribution in [3.63, 3.8) is 0 Å². The Morgan fingerprint density at radius 1 is 0.929 bits per heavy atom. The van der Waals surface area contributed by atoms with Crippen LogP contribution in [0.25, 0.3) is 0 Å². The van der Waals surface area contributed by atoms with Gasteiger partial charge in [-0.05, 0) is 55.5 Å². The van der Waals surface area contributed by atoms with E-state index >= 15 is 0 Å². The maximum Gasteiger partial charge on any atom is 0.251 e. The van der Waals surface area contributed by atoms with Gasteiger partial charge in [0.1, 0.15) is 11.6 Å². The molecule has 0 saturated carbocycles. The van der Waals surface area contributed by atoms with Gasteiger partial charge in [0.25, 0.3) is 5.91 Å². The molecule has 28 heavy (non-hydrogen) atoms. The summed E-state index contributed by atoms with van der Waals surface area (Å²) in [6, 6.07) is 14.4. The lowest BCUT2D eigenvalue weighted by molar-refractivity contribution is 0.0955. The Labute approximate surface area is 163 Å². The van der Waals surface area contributed by atoms with Gasteiger partial charge in [-0.3, -0.25) is 9.78 Å². The van der Waals surface area contributed by atoms with Crippen molar-refractivity contribution in [1.29, 1.82) is 0 Å². The molecule has 3 aromatic rings. The van der Waals surface area contributed by atoms with Crippen LogP contribution in [0.2, 0.25) is 0 Å². The summed E-state index contributed by atoms with van der Waals surface area (Å²) in [7, 11) is 0. The summed E-state index contributed by atoms with van der Waals surface area (Å²) < 4.78 is 5.37. The molecule has 0 bridgehead atoms. The number of nitrogens with one attached hydrogen (secondary N) is 3. The first-order chi connectivity index (χ1) is 13.7. The Balaban J connectivity index is 1.40. The number of anilines is 3. The fraction of sp³-hybridized carbons (Fsp3) is 0.200. The van der Waals surface area contributed by atoms with Crippen molar-refractivity contribution in [3.8, 4) is 5.75 Å². The molecule has 0 unspecified atom stereocenters. The summed E-state index contributed by atoms with van der Waals surface area (Å²) >= 11 is 0. The number of carbonyl (C=O) groups is 1. The second-order valence-electron chi connectivity index (χ2n) is 5.80. The topological polar surface area (TPSA) is 101 Å². The van der Waals surface area contributed by atoms with Gasteiger partial charge in [0.2, 0.25) is 0 Å². The summed E-state index contributed by atoms with van der Waals surface area (Å²) in [5.41, 5.74) is 1.48. The predicted molar refractivity (Wildman–Crippen MR) is 108 cm³/mol. The van der Waals surface area contributed by atoms with Gasteiger partial charge in [-0.25, -0.2) is 0 Å². The van der Waals surface area contributed by atoms with Crippen molar-refractivity contribution < 1.29 is 9.53 Å². The SMILES string of the molecule is CCOc1ccc(C(=O)NCCNc2ccc(Nc3ccncc3)nn2)cc1. The van der Waals surface area contributed by atoms with Crippen LogP contribution in [0.15, 0.2) is 60.9 Å². The first-order valence-electron chi connectivity index (χ1n) is 9.00. The molecule has 0 aliphatic rings. The van der Waals surface area contributed by atoms with Crippen LogP contribution >= 0.6 is 0 Å². The second kappa shape index (κ2) is 9.86. The number of benzene rings is 1. The number of aromatic nitrogens is 3. The molecule has 8 nitrogen and oxygen atoms in total. The van der Waals surface area contributed by atoms with E-state index in [1.54, 1.807) is 36.7 Å². The van der Waals surface area contributed by atoms with Gasteiger partial charge in [-0.2, -0.15) is 0 Å². The lowest BCUT2D eigenvalue weighted by Crippen LogP contribution is -2.28. The summed E-state index contributed by atoms with van der Waals surface area (Å²) in [5, 5.41) is 17.3. The van der Waals surface area contributed by atoms with E-state index in [1.165, 1.54) is 0 Å². The first kappa shape index (κ1) is 19.1. The van der Waals surface area contributed by atoms with Crippen LogP contribution in [-0.2, 0) is 0 Å². The van der Waals surface area contributed by atoms with E-state index in [4.69, 9.17) is 4.74 Å². The molecule has 2 aromatic heterocycles. The summed E-state index contributed by atoms with van der Waals surface area (Å²) in [4.78, 5) is 16.1. The van der Waals surface area contributed by atoms with Crippen LogP contribution in [0.4, 0.5) is 17.3 Å². The van der Waals surface area contributed by atoms with Crippen LogP contribution < -0.4 is 20.7 Å². The van der Waals surface area contributed by atoms with Crippen LogP contribution in [0.1, 0.15) is 17.3 Å². The minimum Gasteiger partial charge on any atom is -0.494 e. The van der Waals surface area contributed by atoms with Crippen LogP contribution in [0.5, 0.6) is 5.75 Å². The van der Waals surface area contributed by atoms with Crippen molar-refractivity contribution in [1.82, 2.24) is 20.5 Å². The molecule has 144 valence electrons. The summed E-state index contributed by atoms with van der Waals surface area (Å²) in [6.45, 7) is 3.52. The maximum atomic E-state index is 12.1. The lowest BCUT2D eigenvalue weighted by Gasteiger charge is -2.09. The minimum absolute atomic E-state index is 0.132. The molecule has 0 fully saturated rings. The van der Waals surface area contributed by atoms with Crippen molar-refractivity contribution in [3.05, 3.63) is 66.5 Å². The van der Waals surface area contributed by atoms with Crippen LogP contribution in [-0.4, -0.2) is 40.8 Å². The second-order valence-corrected chi connectivity index (χ2v) is 5.80. The molecule has 0 atom stereocenters. The van der Waals surface area contributed by atoms with E-state index in [9.17, 15) is 4.79 Å². The average molecular weight is 378 g/mol. The molecule has 3 rings (SSSR count). The molecular weight excluding hydrogens is 356 g/mol. The quantitative estimate of drug-likeness (QED) is 0.492. The number of hydrogen-bond acceptors (Lipinski definition) is 7. The monoisotopic (exact) mass is 378 g/mol. The zero-order chi connectivity index (χ0) is 19.6. The molecule has 1 aromatic carbocycles. The number of amides is 1. The van der Waals surface area contributed by atoms with E-state index in [1.807, 2.05) is 31.2 Å². The van der Waals surface area contributed by atoms with Gasteiger partial charge in [-0.15, -0.1) is 10.2 Å². The molecule has 0 aliphatic heterocycles. The standard InChI is InChI=1S/C20H22N6O2/c1-2-28-17-5-3-15(4-6-17)20(27)23-14-13-22-18-7-8-19(26-25-18)24-16-9-11-21-12-10-16/h3-12H,2,13-14H2,1H3,(H,22,25)(H,23,27)(H,21,24,26). The van der Waals surface area contributed by atoms with Gasteiger partial charge < -0.3 is 20.7 Å². The van der Waals surface area contributed by atoms with Crippen LogP contribution in [0.3, 0.4) is 0 Å². The van der Waals surface area contributed by atoms with Gasteiger partial charge in [-0.1, -0.05) is 0 Å². The number of carbonyl (C=O) groups excluding carboxylic acids is 1. The zero-order valence-corrected chi connectivity index (χ0v) is 15.6. The Hall–Kier alpha value is -3.68. The van der Waals surface area contributed by atoms with Crippen molar-refractivity contribution in [2.24, 2.45) is 0 Å². The molecule has 3 N–H and O–H groups in total. The first-order valence-corrected chi connectivity index (χ1v) is 9.00. The number of ether oxygens (including phenoxy) is 1. The van der Waals surface area contributed by atoms with Gasteiger partial charge >= 0.3 is 0 Å². The molecular formula is C20H22N6O2. The largest absolute Gasteiger partial charge is 0.494 e. The van der Waals surface area contributed by atoms with E-state index in [2.05, 4.69) is 31.1 Å². The van der Waals surface area contributed by atoms with Crippen molar-refractivity contribution in [2.75, 3.05) is 30.3 Å².